The molecule has 2 aliphatic heterocycles. The quantitative estimate of drug-likeness (QED) is 0.453. The van der Waals surface area contributed by atoms with Gasteiger partial charge >= 0.3 is 0 Å². The van der Waals surface area contributed by atoms with E-state index in [1.807, 2.05) is 23.1 Å². The number of rotatable bonds is 4. The molecule has 1 saturated heterocycles. The number of amides is 1. The Labute approximate surface area is 167 Å². The number of morpholine rings is 1. The SMILES string of the molecule is CC1=NN(c2ccccc2)C(=O)C1=Cc1ccc(N2CCOCC2)c([N+](=O)[O-])c1. The highest BCUT2D eigenvalue weighted by molar-refractivity contribution is 6.32. The van der Waals surface area contributed by atoms with Crippen molar-refractivity contribution in [3.05, 3.63) is 69.8 Å². The Balaban J connectivity index is 1.66. The lowest BCUT2D eigenvalue weighted by Gasteiger charge is -2.28. The number of ether oxygens (including phenoxy) is 1. The second kappa shape index (κ2) is 7.84. The Morgan fingerprint density at radius 2 is 1.86 bits per heavy atom. The van der Waals surface area contributed by atoms with Gasteiger partial charge in [-0.15, -0.1) is 0 Å². The molecule has 2 aliphatic rings. The fourth-order valence-electron chi connectivity index (χ4n) is 3.44. The van der Waals surface area contributed by atoms with Gasteiger partial charge in [0.1, 0.15) is 5.69 Å². The smallest absolute Gasteiger partial charge is 0.293 e. The standard InChI is InChI=1S/C21H20N4O4/c1-15-18(21(26)24(22-15)17-5-3-2-4-6-17)13-16-7-8-19(20(14-16)25(27)28)23-9-11-29-12-10-23/h2-8,13-14H,9-12H2,1H3. The molecule has 2 aromatic carbocycles. The van der Waals surface area contributed by atoms with Crippen LogP contribution in [-0.4, -0.2) is 42.8 Å². The normalized spacial score (nSPS) is 18.3. The van der Waals surface area contributed by atoms with Crippen molar-refractivity contribution in [3.8, 4) is 0 Å². The molecule has 1 fully saturated rings. The average molecular weight is 392 g/mol. The van der Waals surface area contributed by atoms with Crippen LogP contribution in [0.15, 0.2) is 59.2 Å². The highest BCUT2D eigenvalue weighted by atomic mass is 16.6. The largest absolute Gasteiger partial charge is 0.378 e. The summed E-state index contributed by atoms with van der Waals surface area (Å²) in [6, 6.07) is 14.2. The van der Waals surface area contributed by atoms with Crippen molar-refractivity contribution in [2.45, 2.75) is 6.92 Å². The summed E-state index contributed by atoms with van der Waals surface area (Å²) >= 11 is 0. The number of para-hydroxylation sites is 1. The minimum Gasteiger partial charge on any atom is -0.378 e. The van der Waals surface area contributed by atoms with E-state index in [9.17, 15) is 14.9 Å². The first-order valence-electron chi connectivity index (χ1n) is 9.32. The average Bonchev–Trinajstić information content (AvgIpc) is 3.03. The molecule has 0 aliphatic carbocycles. The molecule has 1 amide bonds. The van der Waals surface area contributed by atoms with Gasteiger partial charge in [0.05, 0.1) is 35.1 Å². The number of carbonyl (C=O) groups excluding carboxylic acids is 1. The van der Waals surface area contributed by atoms with Crippen LogP contribution in [0.3, 0.4) is 0 Å². The number of carbonyl (C=O) groups is 1. The molecule has 0 atom stereocenters. The maximum absolute atomic E-state index is 12.8. The second-order valence-electron chi connectivity index (χ2n) is 6.80. The van der Waals surface area contributed by atoms with E-state index in [-0.39, 0.29) is 16.5 Å². The van der Waals surface area contributed by atoms with Crippen LogP contribution >= 0.6 is 0 Å². The van der Waals surface area contributed by atoms with Gasteiger partial charge in [-0.1, -0.05) is 24.3 Å². The third kappa shape index (κ3) is 3.74. The number of hydrogen-bond donors (Lipinski definition) is 0. The number of nitro benzene ring substituents is 1. The van der Waals surface area contributed by atoms with E-state index in [1.54, 1.807) is 37.3 Å². The predicted molar refractivity (Wildman–Crippen MR) is 111 cm³/mol. The third-order valence-electron chi connectivity index (χ3n) is 4.92. The molecule has 0 unspecified atom stereocenters. The molecule has 29 heavy (non-hydrogen) atoms. The molecular formula is C21H20N4O4. The fraction of sp³-hybridized carbons (Fsp3) is 0.238. The molecule has 0 N–H and O–H groups in total. The molecule has 0 bridgehead atoms. The van der Waals surface area contributed by atoms with Crippen molar-refractivity contribution in [1.82, 2.24) is 0 Å². The Hall–Kier alpha value is -3.52. The first kappa shape index (κ1) is 18.8. The van der Waals surface area contributed by atoms with Gasteiger partial charge in [0.2, 0.25) is 0 Å². The lowest BCUT2D eigenvalue weighted by atomic mass is 10.1. The molecule has 0 radical (unpaired) electrons. The van der Waals surface area contributed by atoms with Gasteiger partial charge in [0.15, 0.2) is 0 Å². The van der Waals surface area contributed by atoms with Crippen molar-refractivity contribution in [2.24, 2.45) is 5.10 Å². The van der Waals surface area contributed by atoms with Gasteiger partial charge in [0.25, 0.3) is 11.6 Å². The molecule has 8 heteroatoms. The van der Waals surface area contributed by atoms with Crippen LogP contribution in [-0.2, 0) is 9.53 Å². The van der Waals surface area contributed by atoms with Crippen LogP contribution in [0.1, 0.15) is 12.5 Å². The van der Waals surface area contributed by atoms with Crippen molar-refractivity contribution in [1.29, 1.82) is 0 Å². The summed E-state index contributed by atoms with van der Waals surface area (Å²) in [7, 11) is 0. The van der Waals surface area contributed by atoms with Crippen molar-refractivity contribution in [2.75, 3.05) is 36.2 Å². The summed E-state index contributed by atoms with van der Waals surface area (Å²) in [5, 5.41) is 17.3. The van der Waals surface area contributed by atoms with E-state index < -0.39 is 0 Å². The topological polar surface area (TPSA) is 88.3 Å². The molecule has 0 spiro atoms. The Morgan fingerprint density at radius 3 is 2.55 bits per heavy atom. The van der Waals surface area contributed by atoms with Crippen LogP contribution in [0.2, 0.25) is 0 Å². The van der Waals surface area contributed by atoms with Gasteiger partial charge in [-0.05, 0) is 36.8 Å². The predicted octanol–water partition coefficient (Wildman–Crippen LogP) is 3.24. The Kier molecular flexibility index (Phi) is 5.09. The zero-order chi connectivity index (χ0) is 20.4. The lowest BCUT2D eigenvalue weighted by Crippen LogP contribution is -2.36. The fourth-order valence-corrected chi connectivity index (χ4v) is 3.44. The number of anilines is 2. The molecule has 4 rings (SSSR count). The number of hydrazone groups is 1. The van der Waals surface area contributed by atoms with Gasteiger partial charge in [-0.25, -0.2) is 0 Å². The van der Waals surface area contributed by atoms with Crippen LogP contribution < -0.4 is 9.91 Å². The highest BCUT2D eigenvalue weighted by Gasteiger charge is 2.29. The number of benzene rings is 2. The summed E-state index contributed by atoms with van der Waals surface area (Å²) in [6.45, 7) is 4.06. The third-order valence-corrected chi connectivity index (χ3v) is 4.92. The summed E-state index contributed by atoms with van der Waals surface area (Å²) in [4.78, 5) is 26.0. The first-order chi connectivity index (χ1) is 14.0. The van der Waals surface area contributed by atoms with Crippen LogP contribution in [0.5, 0.6) is 0 Å². The minimum absolute atomic E-state index is 0.0150. The van der Waals surface area contributed by atoms with Crippen LogP contribution in [0.4, 0.5) is 17.1 Å². The summed E-state index contributed by atoms with van der Waals surface area (Å²) in [5.74, 6) is -0.256. The van der Waals surface area contributed by atoms with E-state index in [0.29, 0.717) is 54.5 Å². The van der Waals surface area contributed by atoms with Crippen LogP contribution in [0, 0.1) is 10.1 Å². The molecule has 0 aromatic heterocycles. The van der Waals surface area contributed by atoms with E-state index in [4.69, 9.17) is 4.74 Å². The summed E-state index contributed by atoms with van der Waals surface area (Å²) in [5.41, 5.74) is 2.83. The maximum Gasteiger partial charge on any atom is 0.293 e. The van der Waals surface area contributed by atoms with E-state index in [0.717, 1.165) is 0 Å². The number of nitro groups is 1. The van der Waals surface area contributed by atoms with Crippen molar-refractivity contribution in [3.63, 3.8) is 0 Å². The zero-order valence-electron chi connectivity index (χ0n) is 15.9. The van der Waals surface area contributed by atoms with E-state index in [2.05, 4.69) is 5.10 Å². The van der Waals surface area contributed by atoms with E-state index >= 15 is 0 Å². The Morgan fingerprint density at radius 1 is 1.14 bits per heavy atom. The lowest BCUT2D eigenvalue weighted by molar-refractivity contribution is -0.384. The van der Waals surface area contributed by atoms with Gasteiger partial charge in [0, 0.05) is 19.2 Å². The maximum atomic E-state index is 12.8. The van der Waals surface area contributed by atoms with Gasteiger partial charge in [-0.3, -0.25) is 14.9 Å². The molecular weight excluding hydrogens is 372 g/mol. The van der Waals surface area contributed by atoms with Crippen molar-refractivity contribution >= 4 is 34.8 Å². The molecule has 148 valence electrons. The monoisotopic (exact) mass is 392 g/mol. The van der Waals surface area contributed by atoms with Crippen molar-refractivity contribution < 1.29 is 14.5 Å². The second-order valence-corrected chi connectivity index (χ2v) is 6.80. The molecule has 0 saturated carbocycles. The summed E-state index contributed by atoms with van der Waals surface area (Å²) in [6.07, 6.45) is 1.65. The van der Waals surface area contributed by atoms with E-state index in [1.165, 1.54) is 11.1 Å². The van der Waals surface area contributed by atoms with Gasteiger partial charge in [-0.2, -0.15) is 10.1 Å². The zero-order valence-corrected chi connectivity index (χ0v) is 15.9. The first-order valence-corrected chi connectivity index (χ1v) is 9.32. The van der Waals surface area contributed by atoms with Gasteiger partial charge < -0.3 is 9.64 Å². The summed E-state index contributed by atoms with van der Waals surface area (Å²) < 4.78 is 5.33. The number of nitrogens with zero attached hydrogens (tertiary/aromatic N) is 4. The highest BCUT2D eigenvalue weighted by Crippen LogP contribution is 2.31. The molecule has 2 aromatic rings. The molecule has 2 heterocycles. The minimum atomic E-state index is -0.388. The van der Waals surface area contributed by atoms with Crippen LogP contribution in [0.25, 0.3) is 6.08 Å². The number of hydrogen-bond acceptors (Lipinski definition) is 6. The Bertz CT molecular complexity index is 1010. The molecule has 8 nitrogen and oxygen atoms in total.